The van der Waals surface area contributed by atoms with Gasteiger partial charge in [-0.3, -0.25) is 9.48 Å². The molecule has 5 nitrogen and oxygen atoms in total. The van der Waals surface area contributed by atoms with E-state index in [2.05, 4.69) is 10.4 Å². The van der Waals surface area contributed by atoms with Gasteiger partial charge in [-0.2, -0.15) is 5.10 Å². The van der Waals surface area contributed by atoms with Gasteiger partial charge in [-0.05, 0) is 37.1 Å². The van der Waals surface area contributed by atoms with Gasteiger partial charge in [-0.15, -0.1) is 0 Å². The first kappa shape index (κ1) is 14.6. The molecule has 22 heavy (non-hydrogen) atoms. The van der Waals surface area contributed by atoms with Gasteiger partial charge in [0.2, 0.25) is 0 Å². The minimum absolute atomic E-state index is 0.136. The zero-order valence-electron chi connectivity index (χ0n) is 13.0. The van der Waals surface area contributed by atoms with Gasteiger partial charge < -0.3 is 10.1 Å². The summed E-state index contributed by atoms with van der Waals surface area (Å²) in [6.07, 6.45) is 4.94. The van der Waals surface area contributed by atoms with E-state index in [1.165, 1.54) is 25.7 Å². The number of aryl methyl sites for hydroxylation is 1. The number of hydrogen-bond acceptors (Lipinski definition) is 3. The molecule has 1 N–H and O–H groups in total. The fourth-order valence-corrected chi connectivity index (χ4v) is 2.96. The summed E-state index contributed by atoms with van der Waals surface area (Å²) in [6.45, 7) is 0. The van der Waals surface area contributed by atoms with Gasteiger partial charge in [0.15, 0.2) is 0 Å². The molecule has 116 valence electrons. The van der Waals surface area contributed by atoms with Crippen LogP contribution in [0.1, 0.15) is 47.7 Å². The summed E-state index contributed by atoms with van der Waals surface area (Å²) in [5.41, 5.74) is 1.69. The smallest absolute Gasteiger partial charge is 0.256 e. The Labute approximate surface area is 130 Å². The zero-order valence-corrected chi connectivity index (χ0v) is 13.0. The van der Waals surface area contributed by atoms with E-state index in [1.807, 2.05) is 13.1 Å². The van der Waals surface area contributed by atoms with E-state index in [1.54, 1.807) is 36.1 Å². The van der Waals surface area contributed by atoms with Gasteiger partial charge in [0.05, 0.1) is 12.8 Å². The molecule has 0 unspecified atom stereocenters. The SMILES string of the molecule is COc1ccc(C(=O)Nc2cc(C3CCCC3)nn2C)cc1. The highest BCUT2D eigenvalue weighted by Gasteiger charge is 2.21. The molecular formula is C17H21N3O2. The average Bonchev–Trinajstić information content (AvgIpc) is 3.18. The van der Waals surface area contributed by atoms with Gasteiger partial charge in [0.25, 0.3) is 5.91 Å². The van der Waals surface area contributed by atoms with Crippen LogP contribution in [0.25, 0.3) is 0 Å². The van der Waals surface area contributed by atoms with Gasteiger partial charge in [-0.1, -0.05) is 12.8 Å². The summed E-state index contributed by atoms with van der Waals surface area (Å²) in [6, 6.07) is 9.06. The number of amides is 1. The Morgan fingerprint density at radius 1 is 1.27 bits per heavy atom. The van der Waals surface area contributed by atoms with Crippen LogP contribution >= 0.6 is 0 Å². The number of rotatable bonds is 4. The molecule has 3 rings (SSSR count). The van der Waals surface area contributed by atoms with Crippen LogP contribution in [-0.4, -0.2) is 22.8 Å². The highest BCUT2D eigenvalue weighted by Crippen LogP contribution is 2.34. The maximum absolute atomic E-state index is 12.3. The predicted molar refractivity (Wildman–Crippen MR) is 85.4 cm³/mol. The second-order valence-electron chi connectivity index (χ2n) is 5.74. The molecule has 2 aromatic rings. The molecule has 0 saturated heterocycles. The summed E-state index contributed by atoms with van der Waals surface area (Å²) in [7, 11) is 3.47. The van der Waals surface area contributed by atoms with Crippen molar-refractivity contribution in [1.29, 1.82) is 0 Å². The number of ether oxygens (including phenoxy) is 1. The normalized spacial score (nSPS) is 15.0. The molecule has 0 spiro atoms. The third-order valence-corrected chi connectivity index (χ3v) is 4.27. The number of nitrogens with one attached hydrogen (secondary N) is 1. The van der Waals surface area contributed by atoms with Crippen molar-refractivity contribution in [2.45, 2.75) is 31.6 Å². The third kappa shape index (κ3) is 2.98. The van der Waals surface area contributed by atoms with Crippen molar-refractivity contribution in [3.63, 3.8) is 0 Å². The lowest BCUT2D eigenvalue weighted by molar-refractivity contribution is 0.102. The molecule has 0 aliphatic heterocycles. The topological polar surface area (TPSA) is 56.1 Å². The molecule has 1 fully saturated rings. The third-order valence-electron chi connectivity index (χ3n) is 4.27. The van der Waals surface area contributed by atoms with Gasteiger partial charge in [0, 0.05) is 24.6 Å². The zero-order chi connectivity index (χ0) is 15.5. The van der Waals surface area contributed by atoms with Crippen LogP contribution in [0.5, 0.6) is 5.75 Å². The minimum Gasteiger partial charge on any atom is -0.497 e. The molecule has 5 heteroatoms. The molecular weight excluding hydrogens is 278 g/mol. The fraction of sp³-hybridized carbons (Fsp3) is 0.412. The molecule has 1 heterocycles. The van der Waals surface area contributed by atoms with E-state index in [0.29, 0.717) is 11.5 Å². The molecule has 1 amide bonds. The lowest BCUT2D eigenvalue weighted by Crippen LogP contribution is -2.14. The van der Waals surface area contributed by atoms with Crippen LogP contribution in [0.2, 0.25) is 0 Å². The Balaban J connectivity index is 1.72. The minimum atomic E-state index is -0.136. The highest BCUT2D eigenvalue weighted by atomic mass is 16.5. The van der Waals surface area contributed by atoms with Crippen molar-refractivity contribution in [3.05, 3.63) is 41.6 Å². The van der Waals surface area contributed by atoms with Gasteiger partial charge in [0.1, 0.15) is 11.6 Å². The van der Waals surface area contributed by atoms with Crippen molar-refractivity contribution in [1.82, 2.24) is 9.78 Å². The Bertz CT molecular complexity index is 655. The van der Waals surface area contributed by atoms with Crippen LogP contribution in [0.3, 0.4) is 0 Å². The van der Waals surface area contributed by atoms with E-state index in [0.717, 1.165) is 17.3 Å². The number of aromatic nitrogens is 2. The van der Waals surface area contributed by atoms with Crippen molar-refractivity contribution in [2.75, 3.05) is 12.4 Å². The molecule has 0 atom stereocenters. The monoisotopic (exact) mass is 299 g/mol. The predicted octanol–water partition coefficient (Wildman–Crippen LogP) is 3.34. The van der Waals surface area contributed by atoms with Gasteiger partial charge >= 0.3 is 0 Å². The summed E-state index contributed by atoms with van der Waals surface area (Å²) >= 11 is 0. The Morgan fingerprint density at radius 2 is 1.95 bits per heavy atom. The summed E-state index contributed by atoms with van der Waals surface area (Å²) in [4.78, 5) is 12.3. The largest absolute Gasteiger partial charge is 0.497 e. The quantitative estimate of drug-likeness (QED) is 0.942. The maximum Gasteiger partial charge on any atom is 0.256 e. The van der Waals surface area contributed by atoms with Crippen molar-refractivity contribution >= 4 is 11.7 Å². The van der Waals surface area contributed by atoms with Crippen LogP contribution < -0.4 is 10.1 Å². The molecule has 0 bridgehead atoms. The molecule has 0 radical (unpaired) electrons. The summed E-state index contributed by atoms with van der Waals surface area (Å²) < 4.78 is 6.85. The number of anilines is 1. The van der Waals surface area contributed by atoms with E-state index in [9.17, 15) is 4.79 Å². The number of nitrogens with zero attached hydrogens (tertiary/aromatic N) is 2. The van der Waals surface area contributed by atoms with Crippen LogP contribution in [0.4, 0.5) is 5.82 Å². The van der Waals surface area contributed by atoms with Crippen LogP contribution in [0.15, 0.2) is 30.3 Å². The second-order valence-corrected chi connectivity index (χ2v) is 5.74. The van der Waals surface area contributed by atoms with Crippen molar-refractivity contribution < 1.29 is 9.53 Å². The lowest BCUT2D eigenvalue weighted by atomic mass is 10.0. The average molecular weight is 299 g/mol. The van der Waals surface area contributed by atoms with Crippen molar-refractivity contribution in [2.24, 2.45) is 7.05 Å². The molecule has 1 saturated carbocycles. The van der Waals surface area contributed by atoms with E-state index < -0.39 is 0 Å². The van der Waals surface area contributed by atoms with E-state index in [4.69, 9.17) is 4.74 Å². The van der Waals surface area contributed by atoms with Crippen molar-refractivity contribution in [3.8, 4) is 5.75 Å². The highest BCUT2D eigenvalue weighted by molar-refractivity contribution is 6.03. The van der Waals surface area contributed by atoms with Crippen LogP contribution in [-0.2, 0) is 7.05 Å². The number of carbonyl (C=O) groups is 1. The summed E-state index contributed by atoms with van der Waals surface area (Å²) in [5.74, 6) is 1.88. The van der Waals surface area contributed by atoms with E-state index >= 15 is 0 Å². The maximum atomic E-state index is 12.3. The first-order chi connectivity index (χ1) is 10.7. The molecule has 1 aromatic heterocycles. The summed E-state index contributed by atoms with van der Waals surface area (Å²) in [5, 5.41) is 7.48. The second kappa shape index (κ2) is 6.22. The molecule has 1 aromatic carbocycles. The number of methoxy groups -OCH3 is 1. The Hall–Kier alpha value is -2.30. The molecule has 1 aliphatic rings. The van der Waals surface area contributed by atoms with Gasteiger partial charge in [-0.25, -0.2) is 0 Å². The van der Waals surface area contributed by atoms with Crippen LogP contribution in [0, 0.1) is 0 Å². The number of benzene rings is 1. The Kier molecular flexibility index (Phi) is 4.13. The number of hydrogen-bond donors (Lipinski definition) is 1. The fourth-order valence-electron chi connectivity index (χ4n) is 2.96. The first-order valence-electron chi connectivity index (χ1n) is 7.66. The standard InChI is InChI=1S/C17H21N3O2/c1-20-16(11-15(19-20)12-5-3-4-6-12)18-17(21)13-7-9-14(22-2)10-8-13/h7-12H,3-6H2,1-2H3,(H,18,21). The number of carbonyl (C=O) groups excluding carboxylic acids is 1. The molecule has 1 aliphatic carbocycles. The first-order valence-corrected chi connectivity index (χ1v) is 7.66. The van der Waals surface area contributed by atoms with E-state index in [-0.39, 0.29) is 5.91 Å². The lowest BCUT2D eigenvalue weighted by Gasteiger charge is -2.05. The Morgan fingerprint density at radius 3 is 2.59 bits per heavy atom.